The molecule has 106 valence electrons. The standard InChI is InChI=1S/C12H14ClN5O2/c13-10-14-7-8-9(16-10)18(11(19)15-8)17-4-1-12(2-5-17)3-6-20-12/h7H,1-6H2,(H,15,19). The number of imidazole rings is 1. The summed E-state index contributed by atoms with van der Waals surface area (Å²) in [4.78, 5) is 22.9. The number of ether oxygens (including phenoxy) is 1. The van der Waals surface area contributed by atoms with Crippen LogP contribution in [-0.2, 0) is 4.74 Å². The first-order valence-corrected chi connectivity index (χ1v) is 7.07. The number of aromatic nitrogens is 4. The first kappa shape index (κ1) is 12.2. The van der Waals surface area contributed by atoms with Crippen molar-refractivity contribution in [1.29, 1.82) is 0 Å². The highest BCUT2D eigenvalue weighted by atomic mass is 35.5. The quantitative estimate of drug-likeness (QED) is 0.782. The highest BCUT2D eigenvalue weighted by Crippen LogP contribution is 2.36. The maximum absolute atomic E-state index is 12.1. The molecule has 0 unspecified atom stereocenters. The molecule has 1 N–H and O–H groups in total. The fourth-order valence-corrected chi connectivity index (χ4v) is 3.14. The first-order chi connectivity index (χ1) is 9.67. The number of nitrogens with one attached hydrogen (secondary N) is 1. The van der Waals surface area contributed by atoms with E-state index in [-0.39, 0.29) is 16.6 Å². The smallest absolute Gasteiger partial charge is 0.346 e. The lowest BCUT2D eigenvalue weighted by Gasteiger charge is -2.47. The van der Waals surface area contributed by atoms with Crippen LogP contribution in [0.3, 0.4) is 0 Å². The van der Waals surface area contributed by atoms with E-state index in [1.165, 1.54) is 6.20 Å². The van der Waals surface area contributed by atoms with Gasteiger partial charge in [0.05, 0.1) is 18.4 Å². The van der Waals surface area contributed by atoms with Gasteiger partial charge in [-0.25, -0.2) is 9.78 Å². The van der Waals surface area contributed by atoms with E-state index in [9.17, 15) is 4.79 Å². The first-order valence-electron chi connectivity index (χ1n) is 6.69. The van der Waals surface area contributed by atoms with Crippen molar-refractivity contribution in [2.45, 2.75) is 24.9 Å². The fourth-order valence-electron chi connectivity index (χ4n) is 3.02. The monoisotopic (exact) mass is 295 g/mol. The molecule has 0 aliphatic carbocycles. The van der Waals surface area contributed by atoms with Gasteiger partial charge in [-0.2, -0.15) is 9.66 Å². The molecular weight excluding hydrogens is 282 g/mol. The predicted octanol–water partition coefficient (Wildman–Crippen LogP) is 0.664. The van der Waals surface area contributed by atoms with Gasteiger partial charge in [0.25, 0.3) is 0 Å². The second kappa shape index (κ2) is 4.20. The lowest BCUT2D eigenvalue weighted by Crippen LogP contribution is -2.56. The van der Waals surface area contributed by atoms with E-state index in [1.807, 2.05) is 5.01 Å². The molecule has 7 nitrogen and oxygen atoms in total. The van der Waals surface area contributed by atoms with Gasteiger partial charge in [0.1, 0.15) is 5.52 Å². The van der Waals surface area contributed by atoms with Gasteiger partial charge >= 0.3 is 5.69 Å². The molecule has 0 aromatic carbocycles. The number of halogens is 1. The maximum Gasteiger partial charge on any atom is 0.346 e. The van der Waals surface area contributed by atoms with Crippen molar-refractivity contribution in [2.24, 2.45) is 0 Å². The summed E-state index contributed by atoms with van der Waals surface area (Å²) in [5.74, 6) is 0. The van der Waals surface area contributed by atoms with Crippen molar-refractivity contribution in [3.05, 3.63) is 22.0 Å². The van der Waals surface area contributed by atoms with Crippen LogP contribution in [0.4, 0.5) is 0 Å². The summed E-state index contributed by atoms with van der Waals surface area (Å²) >= 11 is 5.83. The molecule has 2 aromatic rings. The summed E-state index contributed by atoms with van der Waals surface area (Å²) in [6.07, 6.45) is 4.52. The van der Waals surface area contributed by atoms with E-state index >= 15 is 0 Å². The Morgan fingerprint density at radius 2 is 2.10 bits per heavy atom. The Morgan fingerprint density at radius 1 is 1.35 bits per heavy atom. The topological polar surface area (TPSA) is 76.0 Å². The van der Waals surface area contributed by atoms with Crippen LogP contribution in [0.2, 0.25) is 5.28 Å². The molecule has 2 aliphatic rings. The summed E-state index contributed by atoms with van der Waals surface area (Å²) in [5.41, 5.74) is 0.973. The number of hydrogen-bond donors (Lipinski definition) is 1. The minimum Gasteiger partial charge on any atom is -0.375 e. The highest BCUT2D eigenvalue weighted by molar-refractivity contribution is 6.28. The Bertz CT molecular complexity index is 710. The molecule has 4 rings (SSSR count). The lowest BCUT2D eigenvalue weighted by molar-refractivity contribution is -0.159. The largest absolute Gasteiger partial charge is 0.375 e. The number of nitrogens with zero attached hydrogens (tertiary/aromatic N) is 4. The van der Waals surface area contributed by atoms with E-state index < -0.39 is 0 Å². The Labute approximate surface area is 119 Å². The van der Waals surface area contributed by atoms with Crippen LogP contribution in [0, 0.1) is 0 Å². The van der Waals surface area contributed by atoms with Crippen LogP contribution in [0.5, 0.6) is 0 Å². The molecule has 2 fully saturated rings. The molecule has 20 heavy (non-hydrogen) atoms. The summed E-state index contributed by atoms with van der Waals surface area (Å²) in [7, 11) is 0. The average Bonchev–Trinajstić information content (AvgIpc) is 2.72. The third-order valence-electron chi connectivity index (χ3n) is 4.27. The Balaban J connectivity index is 1.70. The van der Waals surface area contributed by atoms with Crippen LogP contribution >= 0.6 is 11.6 Å². The van der Waals surface area contributed by atoms with E-state index in [4.69, 9.17) is 16.3 Å². The van der Waals surface area contributed by atoms with E-state index in [2.05, 4.69) is 15.0 Å². The van der Waals surface area contributed by atoms with Crippen LogP contribution < -0.4 is 10.7 Å². The normalized spacial score (nSPS) is 21.4. The zero-order valence-corrected chi connectivity index (χ0v) is 11.6. The van der Waals surface area contributed by atoms with E-state index in [0.29, 0.717) is 11.2 Å². The zero-order chi connectivity index (χ0) is 13.7. The van der Waals surface area contributed by atoms with Crippen LogP contribution in [0.25, 0.3) is 11.2 Å². The van der Waals surface area contributed by atoms with Crippen LogP contribution in [0.15, 0.2) is 11.0 Å². The van der Waals surface area contributed by atoms with E-state index in [1.54, 1.807) is 4.68 Å². The SMILES string of the molecule is O=c1[nH]c2cnc(Cl)nc2n1N1CCC2(CCO2)CC1. The van der Waals surface area contributed by atoms with Gasteiger partial charge in [-0.05, 0) is 30.9 Å². The number of fused-ring (bicyclic) bond motifs is 1. The van der Waals surface area contributed by atoms with Gasteiger partial charge in [-0.3, -0.25) is 0 Å². The van der Waals surface area contributed by atoms with Gasteiger partial charge in [0.2, 0.25) is 5.28 Å². The average molecular weight is 296 g/mol. The van der Waals surface area contributed by atoms with Crippen LogP contribution in [-0.4, -0.2) is 44.9 Å². The molecule has 2 aromatic heterocycles. The molecule has 0 atom stereocenters. The van der Waals surface area contributed by atoms with Crippen molar-refractivity contribution < 1.29 is 4.74 Å². The molecular formula is C12H14ClN5O2. The summed E-state index contributed by atoms with van der Waals surface area (Å²) in [6.45, 7) is 2.40. The highest BCUT2D eigenvalue weighted by Gasteiger charge is 2.41. The summed E-state index contributed by atoms with van der Waals surface area (Å²) in [5, 5.41) is 2.14. The minimum atomic E-state index is -0.206. The second-order valence-corrected chi connectivity index (χ2v) is 5.69. The Morgan fingerprint density at radius 3 is 2.75 bits per heavy atom. The van der Waals surface area contributed by atoms with E-state index in [0.717, 1.165) is 39.0 Å². The van der Waals surface area contributed by atoms with Crippen molar-refractivity contribution in [3.63, 3.8) is 0 Å². The van der Waals surface area contributed by atoms with Crippen LogP contribution in [0.1, 0.15) is 19.3 Å². The maximum atomic E-state index is 12.1. The third kappa shape index (κ3) is 1.73. The fraction of sp³-hybridized carbons (Fsp3) is 0.583. The van der Waals surface area contributed by atoms with Crippen molar-refractivity contribution in [3.8, 4) is 0 Å². The number of piperidine rings is 1. The minimum absolute atomic E-state index is 0.0544. The van der Waals surface area contributed by atoms with Crippen molar-refractivity contribution >= 4 is 22.8 Å². The molecule has 0 radical (unpaired) electrons. The number of rotatable bonds is 1. The van der Waals surface area contributed by atoms with Gasteiger partial charge in [0, 0.05) is 13.1 Å². The van der Waals surface area contributed by atoms with Gasteiger partial charge in [0.15, 0.2) is 5.65 Å². The number of H-pyrrole nitrogens is 1. The molecule has 2 saturated heterocycles. The third-order valence-corrected chi connectivity index (χ3v) is 4.46. The molecule has 8 heteroatoms. The second-order valence-electron chi connectivity index (χ2n) is 5.35. The summed E-state index contributed by atoms with van der Waals surface area (Å²) in [6, 6.07) is 0. The summed E-state index contributed by atoms with van der Waals surface area (Å²) < 4.78 is 7.26. The molecule has 1 spiro atoms. The van der Waals surface area contributed by atoms with Gasteiger partial charge < -0.3 is 14.7 Å². The lowest BCUT2D eigenvalue weighted by atomic mass is 9.85. The molecule has 0 bridgehead atoms. The van der Waals surface area contributed by atoms with Gasteiger partial charge in [-0.15, -0.1) is 0 Å². The Hall–Kier alpha value is -1.60. The molecule has 4 heterocycles. The Kier molecular flexibility index (Phi) is 2.55. The molecule has 2 aliphatic heterocycles. The zero-order valence-electron chi connectivity index (χ0n) is 10.8. The number of aromatic amines is 1. The van der Waals surface area contributed by atoms with Crippen molar-refractivity contribution in [1.82, 2.24) is 19.6 Å². The predicted molar refractivity (Wildman–Crippen MR) is 73.6 cm³/mol. The molecule has 0 amide bonds. The molecule has 0 saturated carbocycles. The number of hydrogen-bond acceptors (Lipinski definition) is 5. The van der Waals surface area contributed by atoms with Gasteiger partial charge in [-0.1, -0.05) is 0 Å². The van der Waals surface area contributed by atoms with Crippen molar-refractivity contribution in [2.75, 3.05) is 24.7 Å².